The summed E-state index contributed by atoms with van der Waals surface area (Å²) in [5.41, 5.74) is 2.26. The maximum absolute atomic E-state index is 12.8. The van der Waals surface area contributed by atoms with Crippen LogP contribution in [0.1, 0.15) is 27.6 Å². The molecule has 4 rings (SSSR count). The zero-order chi connectivity index (χ0) is 19.8. The maximum Gasteiger partial charge on any atom is 0.289 e. The zero-order valence-electron chi connectivity index (χ0n) is 15.7. The predicted octanol–water partition coefficient (Wildman–Crippen LogP) is 3.33. The number of hydrogen-bond acceptors (Lipinski definition) is 5. The van der Waals surface area contributed by atoms with Crippen molar-refractivity contribution in [3.8, 4) is 0 Å². The molecule has 0 unspecified atom stereocenters. The summed E-state index contributed by atoms with van der Waals surface area (Å²) in [5, 5.41) is 4.78. The molecular weight excluding hydrogens is 426 g/mol. The molecule has 7 nitrogen and oxygen atoms in total. The number of carbonyl (C=O) groups excluding carboxylic acids is 2. The van der Waals surface area contributed by atoms with Gasteiger partial charge in [0.25, 0.3) is 5.91 Å². The molecule has 0 saturated carbocycles. The van der Waals surface area contributed by atoms with Crippen molar-refractivity contribution in [2.45, 2.75) is 20.3 Å². The Morgan fingerprint density at radius 2 is 1.86 bits per heavy atom. The summed E-state index contributed by atoms with van der Waals surface area (Å²) in [7, 11) is 0. The van der Waals surface area contributed by atoms with Gasteiger partial charge in [0.2, 0.25) is 5.91 Å². The number of aryl methyl sites for hydroxylation is 2. The number of aromatic nitrogens is 1. The lowest BCUT2D eigenvalue weighted by Gasteiger charge is -2.34. The topological polar surface area (TPSA) is 79.8 Å². The van der Waals surface area contributed by atoms with E-state index in [0.29, 0.717) is 43.3 Å². The smallest absolute Gasteiger partial charge is 0.289 e. The van der Waals surface area contributed by atoms with Gasteiger partial charge in [-0.2, -0.15) is 0 Å². The van der Waals surface area contributed by atoms with Crippen LogP contribution in [0.5, 0.6) is 0 Å². The van der Waals surface area contributed by atoms with Gasteiger partial charge in [-0.1, -0.05) is 17.3 Å². The van der Waals surface area contributed by atoms with E-state index in [9.17, 15) is 9.59 Å². The highest BCUT2D eigenvalue weighted by Gasteiger charge is 2.27. The summed E-state index contributed by atoms with van der Waals surface area (Å²) < 4.78 is 11.7. The lowest BCUT2D eigenvalue weighted by Crippen LogP contribution is -2.51. The summed E-state index contributed by atoms with van der Waals surface area (Å²) in [4.78, 5) is 28.9. The normalized spacial score (nSPS) is 14.7. The quantitative estimate of drug-likeness (QED) is 0.617. The average molecular weight is 446 g/mol. The molecule has 0 bridgehead atoms. The first-order chi connectivity index (χ1) is 13.4. The predicted molar refractivity (Wildman–Crippen MR) is 106 cm³/mol. The van der Waals surface area contributed by atoms with Crippen molar-refractivity contribution in [1.29, 1.82) is 0 Å². The number of para-hydroxylation sites is 1. The summed E-state index contributed by atoms with van der Waals surface area (Å²) in [5.74, 6) is 0.864. The van der Waals surface area contributed by atoms with Crippen LogP contribution in [0, 0.1) is 13.8 Å². The summed E-state index contributed by atoms with van der Waals surface area (Å²) in [6.45, 7) is 5.59. The van der Waals surface area contributed by atoms with Gasteiger partial charge in [-0.05, 0) is 41.9 Å². The van der Waals surface area contributed by atoms with E-state index in [1.54, 1.807) is 15.9 Å². The fraction of sp³-hybridized carbons (Fsp3) is 0.350. The molecule has 0 spiro atoms. The minimum Gasteiger partial charge on any atom is -0.450 e. The third kappa shape index (κ3) is 3.44. The number of piperazine rings is 1. The Balaban J connectivity index is 1.40. The van der Waals surface area contributed by atoms with Crippen LogP contribution in [0.3, 0.4) is 0 Å². The molecule has 1 fully saturated rings. The molecule has 2 amide bonds. The fourth-order valence-electron chi connectivity index (χ4n) is 3.46. The minimum atomic E-state index is -0.152. The average Bonchev–Trinajstić information content (AvgIpc) is 3.27. The molecule has 3 aromatic rings. The first kappa shape index (κ1) is 18.7. The van der Waals surface area contributed by atoms with Crippen molar-refractivity contribution < 1.29 is 18.5 Å². The maximum atomic E-state index is 12.8. The highest BCUT2D eigenvalue weighted by molar-refractivity contribution is 9.10. The second-order valence-electron chi connectivity index (χ2n) is 6.92. The van der Waals surface area contributed by atoms with E-state index in [0.717, 1.165) is 21.1 Å². The summed E-state index contributed by atoms with van der Waals surface area (Å²) in [6.07, 6.45) is 0.271. The standard InChI is InChI=1S/C20H20BrN3O4/c1-12-15(13(2)28-22-12)11-18(25)23-6-8-24(9-7-23)20(26)17-10-14-4-3-5-16(21)19(14)27-17/h3-5,10H,6-9,11H2,1-2H3. The Morgan fingerprint density at radius 3 is 2.50 bits per heavy atom. The molecule has 146 valence electrons. The Morgan fingerprint density at radius 1 is 1.14 bits per heavy atom. The summed E-state index contributed by atoms with van der Waals surface area (Å²) in [6, 6.07) is 7.45. The van der Waals surface area contributed by atoms with Crippen LogP contribution in [-0.2, 0) is 11.2 Å². The molecule has 28 heavy (non-hydrogen) atoms. The number of amides is 2. The zero-order valence-corrected chi connectivity index (χ0v) is 17.3. The van der Waals surface area contributed by atoms with E-state index in [1.165, 1.54) is 0 Å². The Bertz CT molecular complexity index is 1030. The molecule has 0 aliphatic carbocycles. The number of benzene rings is 1. The van der Waals surface area contributed by atoms with Gasteiger partial charge in [-0.15, -0.1) is 0 Å². The molecule has 2 aromatic heterocycles. The van der Waals surface area contributed by atoms with E-state index in [1.807, 2.05) is 32.0 Å². The van der Waals surface area contributed by atoms with Gasteiger partial charge in [-0.25, -0.2) is 0 Å². The van der Waals surface area contributed by atoms with Crippen LogP contribution in [0.25, 0.3) is 11.0 Å². The third-order valence-corrected chi connectivity index (χ3v) is 5.76. The number of hydrogen-bond donors (Lipinski definition) is 0. The van der Waals surface area contributed by atoms with E-state index < -0.39 is 0 Å². The van der Waals surface area contributed by atoms with Crippen molar-refractivity contribution >= 4 is 38.7 Å². The first-order valence-electron chi connectivity index (χ1n) is 9.11. The van der Waals surface area contributed by atoms with Crippen molar-refractivity contribution in [1.82, 2.24) is 15.0 Å². The molecule has 1 aliphatic rings. The number of fused-ring (bicyclic) bond motifs is 1. The van der Waals surface area contributed by atoms with Crippen LogP contribution < -0.4 is 0 Å². The van der Waals surface area contributed by atoms with Crippen molar-refractivity contribution in [2.75, 3.05) is 26.2 Å². The number of halogens is 1. The van der Waals surface area contributed by atoms with Gasteiger partial charge in [0, 0.05) is 37.1 Å². The second kappa shape index (κ2) is 7.43. The molecule has 0 radical (unpaired) electrons. The van der Waals surface area contributed by atoms with Crippen LogP contribution >= 0.6 is 15.9 Å². The van der Waals surface area contributed by atoms with Gasteiger partial charge in [0.15, 0.2) is 5.76 Å². The molecule has 1 saturated heterocycles. The summed E-state index contributed by atoms with van der Waals surface area (Å²) >= 11 is 3.44. The second-order valence-corrected chi connectivity index (χ2v) is 7.78. The molecule has 0 atom stereocenters. The molecule has 8 heteroatoms. The van der Waals surface area contributed by atoms with E-state index in [4.69, 9.17) is 8.94 Å². The number of nitrogens with zero attached hydrogens (tertiary/aromatic N) is 3. The third-order valence-electron chi connectivity index (χ3n) is 5.14. The van der Waals surface area contributed by atoms with E-state index >= 15 is 0 Å². The van der Waals surface area contributed by atoms with Crippen molar-refractivity contribution in [3.05, 3.63) is 51.5 Å². The van der Waals surface area contributed by atoms with E-state index in [2.05, 4.69) is 21.1 Å². The SMILES string of the molecule is Cc1noc(C)c1CC(=O)N1CCN(C(=O)c2cc3cccc(Br)c3o2)CC1. The van der Waals surface area contributed by atoms with Crippen LogP contribution in [0.2, 0.25) is 0 Å². The number of rotatable bonds is 3. The Labute approximate surface area is 170 Å². The molecule has 3 heterocycles. The fourth-order valence-corrected chi connectivity index (χ4v) is 3.93. The Kier molecular flexibility index (Phi) is 4.97. The van der Waals surface area contributed by atoms with Crippen LogP contribution in [0.4, 0.5) is 0 Å². The van der Waals surface area contributed by atoms with E-state index in [-0.39, 0.29) is 18.2 Å². The lowest BCUT2D eigenvalue weighted by molar-refractivity contribution is -0.131. The molecule has 1 aliphatic heterocycles. The molecule has 0 N–H and O–H groups in total. The monoisotopic (exact) mass is 445 g/mol. The van der Waals surface area contributed by atoms with Crippen LogP contribution in [0.15, 0.2) is 37.7 Å². The van der Waals surface area contributed by atoms with Gasteiger partial charge in [0.1, 0.15) is 11.3 Å². The Hall–Kier alpha value is -2.61. The largest absolute Gasteiger partial charge is 0.450 e. The molecular formula is C20H20BrN3O4. The van der Waals surface area contributed by atoms with Crippen molar-refractivity contribution in [3.63, 3.8) is 0 Å². The van der Waals surface area contributed by atoms with Crippen LogP contribution in [-0.4, -0.2) is 52.9 Å². The highest BCUT2D eigenvalue weighted by Crippen LogP contribution is 2.27. The number of furan rings is 1. The van der Waals surface area contributed by atoms with Gasteiger partial charge >= 0.3 is 0 Å². The number of carbonyl (C=O) groups is 2. The lowest BCUT2D eigenvalue weighted by atomic mass is 10.1. The first-order valence-corrected chi connectivity index (χ1v) is 9.90. The molecule has 1 aromatic carbocycles. The van der Waals surface area contributed by atoms with Gasteiger partial charge in [-0.3, -0.25) is 9.59 Å². The minimum absolute atomic E-state index is 0.0224. The highest BCUT2D eigenvalue weighted by atomic mass is 79.9. The van der Waals surface area contributed by atoms with Gasteiger partial charge in [0.05, 0.1) is 16.6 Å². The van der Waals surface area contributed by atoms with Crippen molar-refractivity contribution in [2.24, 2.45) is 0 Å². The van der Waals surface area contributed by atoms with Gasteiger partial charge < -0.3 is 18.7 Å².